The zero-order valence-corrected chi connectivity index (χ0v) is 7.89. The zero-order chi connectivity index (χ0) is 8.20. The van der Waals surface area contributed by atoms with Gasteiger partial charge in [0.15, 0.2) is 0 Å². The fourth-order valence-electron chi connectivity index (χ4n) is 0.463. The summed E-state index contributed by atoms with van der Waals surface area (Å²) in [6.45, 7) is 2.80. The number of nitrogens with zero attached hydrogens (tertiary/aromatic N) is 1. The normalized spacial score (nSPS) is 10.2. The van der Waals surface area contributed by atoms with Crippen LogP contribution in [-0.2, 0) is 9.53 Å². The number of hydrogen-bond donors (Lipinski definition) is 1. The zero-order valence-electron chi connectivity index (χ0n) is 7.89. The first-order valence-corrected chi connectivity index (χ1v) is 3.35. The Balaban J connectivity index is 0. The quantitative estimate of drug-likeness (QED) is 0.484. The fourth-order valence-corrected chi connectivity index (χ4v) is 0.463. The van der Waals surface area contributed by atoms with E-state index in [9.17, 15) is 4.79 Å². The Morgan fingerprint density at radius 3 is 2.09 bits per heavy atom. The van der Waals surface area contributed by atoms with Gasteiger partial charge >= 0.3 is 5.97 Å². The molecule has 0 aliphatic carbocycles. The van der Waals surface area contributed by atoms with Crippen molar-refractivity contribution in [2.45, 2.75) is 6.92 Å². The third kappa shape index (κ3) is 12.6. The van der Waals surface area contributed by atoms with E-state index >= 15 is 0 Å². The predicted molar refractivity (Wildman–Crippen MR) is 44.6 cm³/mol. The Hall–Kier alpha value is -0.610. The first-order chi connectivity index (χ1) is 4.42. The highest BCUT2D eigenvalue weighted by Crippen LogP contribution is 1.88. The molecule has 0 spiro atoms. The Labute approximate surface area is 68.3 Å². The van der Waals surface area contributed by atoms with Gasteiger partial charge in [0.25, 0.3) is 0 Å². The maximum absolute atomic E-state index is 10.3. The van der Waals surface area contributed by atoms with Crippen molar-refractivity contribution in [3.05, 3.63) is 0 Å². The van der Waals surface area contributed by atoms with Gasteiger partial charge in [-0.05, 0) is 0 Å². The summed E-state index contributed by atoms with van der Waals surface area (Å²) in [6, 6.07) is 0. The third-order valence-electron chi connectivity index (χ3n) is 1.07. The van der Waals surface area contributed by atoms with Gasteiger partial charge in [-0.3, -0.25) is 4.79 Å². The van der Waals surface area contributed by atoms with Crippen molar-refractivity contribution in [3.8, 4) is 0 Å². The van der Waals surface area contributed by atoms with Gasteiger partial charge in [0, 0.05) is 6.92 Å². The summed E-state index contributed by atoms with van der Waals surface area (Å²) < 4.78 is 5.59. The van der Waals surface area contributed by atoms with E-state index in [1.807, 2.05) is 0 Å². The molecule has 0 aliphatic heterocycles. The summed E-state index contributed by atoms with van der Waals surface area (Å²) in [4.78, 5) is 10.3. The highest BCUT2D eigenvalue weighted by Gasteiger charge is 2.06. The average Bonchev–Trinajstić information content (AvgIpc) is 1.59. The monoisotopic (exact) mass is 163 g/mol. The number of likely N-dealkylation sites (N-methyl/N-ethyl adjacent to an activating group) is 1. The first-order valence-electron chi connectivity index (χ1n) is 3.35. The van der Waals surface area contributed by atoms with Crippen molar-refractivity contribution in [1.29, 1.82) is 0 Å². The van der Waals surface area contributed by atoms with Gasteiger partial charge in [0.2, 0.25) is 0 Å². The molecule has 4 heteroatoms. The lowest BCUT2D eigenvalue weighted by Gasteiger charge is -2.23. The van der Waals surface area contributed by atoms with E-state index in [4.69, 9.17) is 4.74 Å². The Bertz CT molecular complexity index is 118. The Morgan fingerprint density at radius 1 is 1.36 bits per heavy atom. The molecule has 0 radical (unpaired) electrons. The molecule has 0 heterocycles. The molecule has 0 fully saturated rings. The summed E-state index contributed by atoms with van der Waals surface area (Å²) in [5.41, 5.74) is 0. The van der Waals surface area contributed by atoms with Gasteiger partial charge in [-0.25, -0.2) is 0 Å². The minimum atomic E-state index is -0.201. The topological polar surface area (TPSA) is 61.3 Å². The van der Waals surface area contributed by atoms with Crippen LogP contribution in [0.4, 0.5) is 0 Å². The second-order valence-electron chi connectivity index (χ2n) is 3.35. The van der Waals surface area contributed by atoms with Crippen LogP contribution >= 0.6 is 0 Å². The van der Waals surface area contributed by atoms with Gasteiger partial charge in [-0.1, -0.05) is 0 Å². The number of carbonyl (C=O) groups is 1. The standard InChI is InChI=1S/C7H16NO2.H3N/c1-7(9)10-6-5-8(2,3)4;/h5-6H2,1-4H3;1H3/q+1;. The molecule has 68 valence electrons. The number of rotatable bonds is 3. The van der Waals surface area contributed by atoms with Crippen LogP contribution in [0.2, 0.25) is 0 Å². The van der Waals surface area contributed by atoms with Gasteiger partial charge in [-0.2, -0.15) is 0 Å². The highest BCUT2D eigenvalue weighted by atomic mass is 16.5. The SMILES string of the molecule is CC(=O)OCC[N+](C)(C)C.N. The van der Waals surface area contributed by atoms with Crippen LogP contribution in [-0.4, -0.2) is 44.7 Å². The van der Waals surface area contributed by atoms with Crippen molar-refractivity contribution >= 4 is 5.97 Å². The van der Waals surface area contributed by atoms with Crippen molar-refractivity contribution in [1.82, 2.24) is 6.15 Å². The first kappa shape index (κ1) is 13.0. The van der Waals surface area contributed by atoms with Crippen LogP contribution in [0.25, 0.3) is 0 Å². The second kappa shape index (κ2) is 5.09. The lowest BCUT2D eigenvalue weighted by Crippen LogP contribution is -2.37. The number of ether oxygens (including phenoxy) is 1. The van der Waals surface area contributed by atoms with Crippen molar-refractivity contribution in [2.75, 3.05) is 34.3 Å². The van der Waals surface area contributed by atoms with E-state index in [2.05, 4.69) is 21.1 Å². The minimum Gasteiger partial charge on any atom is -0.460 e. The number of carbonyl (C=O) groups excluding carboxylic acids is 1. The molecule has 0 saturated heterocycles. The molecule has 0 rings (SSSR count). The van der Waals surface area contributed by atoms with E-state index in [1.165, 1.54) is 6.92 Å². The molecule has 0 unspecified atom stereocenters. The molecule has 4 nitrogen and oxygen atoms in total. The second-order valence-corrected chi connectivity index (χ2v) is 3.35. The summed E-state index contributed by atoms with van der Waals surface area (Å²) in [6.07, 6.45) is 0. The largest absolute Gasteiger partial charge is 0.460 e. The molecule has 0 amide bonds. The van der Waals surface area contributed by atoms with E-state index in [0.29, 0.717) is 6.61 Å². The molecule has 0 aromatic carbocycles. The summed E-state index contributed by atoms with van der Waals surface area (Å²) >= 11 is 0. The van der Waals surface area contributed by atoms with E-state index < -0.39 is 0 Å². The van der Waals surface area contributed by atoms with E-state index in [0.717, 1.165) is 11.0 Å². The number of esters is 1. The van der Waals surface area contributed by atoms with Crippen LogP contribution in [0.1, 0.15) is 6.92 Å². The lowest BCUT2D eigenvalue weighted by molar-refractivity contribution is -0.870. The molecular formula is C7H19N2O2+. The maximum atomic E-state index is 10.3. The Kier molecular flexibility index (Phi) is 6.03. The van der Waals surface area contributed by atoms with Crippen LogP contribution in [0.5, 0.6) is 0 Å². The van der Waals surface area contributed by atoms with Crippen LogP contribution < -0.4 is 6.15 Å². The van der Waals surface area contributed by atoms with Gasteiger partial charge in [0.1, 0.15) is 13.2 Å². The van der Waals surface area contributed by atoms with E-state index in [1.54, 1.807) is 0 Å². The van der Waals surface area contributed by atoms with Gasteiger partial charge in [-0.15, -0.1) is 0 Å². The Morgan fingerprint density at radius 2 is 1.82 bits per heavy atom. The molecule has 0 aromatic heterocycles. The lowest BCUT2D eigenvalue weighted by atomic mass is 10.5. The van der Waals surface area contributed by atoms with Crippen LogP contribution in [0, 0.1) is 0 Å². The third-order valence-corrected chi connectivity index (χ3v) is 1.07. The number of quaternary nitrogens is 1. The van der Waals surface area contributed by atoms with Gasteiger partial charge < -0.3 is 15.4 Å². The molecule has 0 atom stereocenters. The molecule has 0 aromatic rings. The van der Waals surface area contributed by atoms with Crippen molar-refractivity contribution < 1.29 is 14.0 Å². The average molecular weight is 163 g/mol. The predicted octanol–water partition coefficient (Wildman–Crippen LogP) is 0.418. The highest BCUT2D eigenvalue weighted by molar-refractivity contribution is 5.65. The van der Waals surface area contributed by atoms with Crippen molar-refractivity contribution in [3.63, 3.8) is 0 Å². The van der Waals surface area contributed by atoms with Crippen LogP contribution in [0.3, 0.4) is 0 Å². The summed E-state index contributed by atoms with van der Waals surface area (Å²) in [5.74, 6) is -0.201. The van der Waals surface area contributed by atoms with E-state index in [-0.39, 0.29) is 12.1 Å². The summed E-state index contributed by atoms with van der Waals surface area (Å²) in [5, 5.41) is 0. The summed E-state index contributed by atoms with van der Waals surface area (Å²) in [7, 11) is 6.18. The molecule has 0 bridgehead atoms. The molecule has 0 aliphatic rings. The number of hydrogen-bond acceptors (Lipinski definition) is 3. The smallest absolute Gasteiger partial charge is 0.302 e. The van der Waals surface area contributed by atoms with Gasteiger partial charge in [0.05, 0.1) is 21.1 Å². The van der Waals surface area contributed by atoms with Crippen molar-refractivity contribution in [2.24, 2.45) is 0 Å². The minimum absolute atomic E-state index is 0. The molecule has 0 saturated carbocycles. The fraction of sp³-hybridized carbons (Fsp3) is 0.857. The molecule has 3 N–H and O–H groups in total. The maximum Gasteiger partial charge on any atom is 0.302 e. The molecule has 11 heavy (non-hydrogen) atoms. The molecular weight excluding hydrogens is 144 g/mol. The van der Waals surface area contributed by atoms with Crippen LogP contribution in [0.15, 0.2) is 0 Å².